The van der Waals surface area contributed by atoms with E-state index < -0.39 is 0 Å². The standard InChI is InChI=1S/4C22H24ClN3O/c4*1-14(22(27)26-18-8-6-17(23)7-9-18)15-2-4-16(5-3-15)19-10-11-25-21-13-24-12-20(19)21/h4*6-11,13-16H,2-5,12H2,1H3,(H,26,27). The van der Waals surface area contributed by atoms with Crippen LogP contribution in [0.25, 0.3) is 0 Å². The minimum Gasteiger partial charge on any atom is -0.326 e. The molecule has 108 heavy (non-hydrogen) atoms. The van der Waals surface area contributed by atoms with Crippen molar-refractivity contribution in [2.24, 2.45) is 67.3 Å². The summed E-state index contributed by atoms with van der Waals surface area (Å²) in [6.45, 7) is 11.2. The molecule has 0 saturated heterocycles. The molecule has 4 aliphatic heterocycles. The second kappa shape index (κ2) is 36.6. The van der Waals surface area contributed by atoms with Crippen LogP contribution in [-0.4, -0.2) is 68.4 Å². The van der Waals surface area contributed by atoms with Crippen molar-refractivity contribution >= 4 is 118 Å². The first-order valence-corrected chi connectivity index (χ1v) is 40.1. The summed E-state index contributed by atoms with van der Waals surface area (Å²) in [7, 11) is 0. The largest absolute Gasteiger partial charge is 0.326 e. The third-order valence-corrected chi connectivity index (χ3v) is 25.1. The number of nitrogens with one attached hydrogen (secondary N) is 4. The molecule has 8 heterocycles. The first kappa shape index (κ1) is 77.4. The van der Waals surface area contributed by atoms with Crippen LogP contribution in [0.4, 0.5) is 22.7 Å². The van der Waals surface area contributed by atoms with Crippen molar-refractivity contribution in [2.75, 3.05) is 21.3 Å². The number of aromatic nitrogens is 4. The fourth-order valence-corrected chi connectivity index (χ4v) is 17.9. The summed E-state index contributed by atoms with van der Waals surface area (Å²) >= 11 is 23.6. The Bertz CT molecular complexity index is 4000. The van der Waals surface area contributed by atoms with Crippen LogP contribution in [0.1, 0.15) is 221 Å². The zero-order chi connectivity index (χ0) is 75.2. The minimum atomic E-state index is 0.00752. The van der Waals surface area contributed by atoms with Crippen LogP contribution in [0.2, 0.25) is 20.1 Å². The van der Waals surface area contributed by atoms with Crippen LogP contribution >= 0.6 is 46.4 Å². The molecular formula is C88H96Cl4N12O4. The molecule has 4 saturated carbocycles. The zero-order valence-electron chi connectivity index (χ0n) is 62.0. The number of carbonyl (C=O) groups is 4. The molecule has 4 N–H and O–H groups in total. The lowest BCUT2D eigenvalue weighted by atomic mass is 9.73. The molecule has 560 valence electrons. The molecule has 4 atom stereocenters. The highest BCUT2D eigenvalue weighted by atomic mass is 35.5. The number of halogens is 4. The van der Waals surface area contributed by atoms with E-state index in [0.717, 1.165) is 174 Å². The molecule has 4 fully saturated rings. The van der Waals surface area contributed by atoms with Crippen molar-refractivity contribution in [3.8, 4) is 0 Å². The van der Waals surface area contributed by atoms with Gasteiger partial charge < -0.3 is 21.3 Å². The van der Waals surface area contributed by atoms with Gasteiger partial charge in [-0.15, -0.1) is 0 Å². The van der Waals surface area contributed by atoms with E-state index in [2.05, 4.69) is 85.4 Å². The summed E-state index contributed by atoms with van der Waals surface area (Å²) in [6, 6.07) is 37.8. The first-order valence-electron chi connectivity index (χ1n) is 38.6. The van der Waals surface area contributed by atoms with Gasteiger partial charge in [-0.05, 0) is 294 Å². The van der Waals surface area contributed by atoms with E-state index in [1.165, 1.54) is 44.5 Å². The second-order valence-electron chi connectivity index (χ2n) is 30.5. The van der Waals surface area contributed by atoms with E-state index in [0.29, 0.717) is 67.4 Å². The van der Waals surface area contributed by atoms with E-state index in [1.54, 1.807) is 48.5 Å². The van der Waals surface area contributed by atoms with Crippen molar-refractivity contribution in [2.45, 2.75) is 180 Å². The van der Waals surface area contributed by atoms with Gasteiger partial charge in [0.15, 0.2) is 0 Å². The fourth-order valence-electron chi connectivity index (χ4n) is 17.4. The number of hydrogen-bond acceptors (Lipinski definition) is 12. The van der Waals surface area contributed by atoms with Gasteiger partial charge in [-0.2, -0.15) is 0 Å². The molecule has 0 bridgehead atoms. The minimum absolute atomic E-state index is 0.00752. The number of amides is 4. The fraction of sp³-hybridized carbons (Fsp3) is 0.409. The molecule has 8 aromatic rings. The summed E-state index contributed by atoms with van der Waals surface area (Å²) in [4.78, 5) is 85.7. The van der Waals surface area contributed by atoms with E-state index in [4.69, 9.17) is 46.4 Å². The number of anilines is 4. The summed E-state index contributed by atoms with van der Waals surface area (Å²) in [5, 5.41) is 14.8. The predicted molar refractivity (Wildman–Crippen MR) is 438 cm³/mol. The molecule has 4 aliphatic carbocycles. The summed E-state index contributed by atoms with van der Waals surface area (Å²) < 4.78 is 0. The van der Waals surface area contributed by atoms with E-state index >= 15 is 0 Å². The highest BCUT2D eigenvalue weighted by molar-refractivity contribution is 6.31. The van der Waals surface area contributed by atoms with Crippen molar-refractivity contribution in [1.82, 2.24) is 19.9 Å². The van der Waals surface area contributed by atoms with Gasteiger partial charge in [-0.3, -0.25) is 59.1 Å². The molecule has 16 nitrogen and oxygen atoms in total. The number of fused-ring (bicyclic) bond motifs is 4. The van der Waals surface area contributed by atoms with Gasteiger partial charge in [0.05, 0.1) is 49.0 Å². The normalized spacial score (nSPS) is 22.3. The lowest BCUT2D eigenvalue weighted by Gasteiger charge is -2.32. The van der Waals surface area contributed by atoms with Gasteiger partial charge in [0.25, 0.3) is 0 Å². The lowest BCUT2D eigenvalue weighted by Crippen LogP contribution is -2.29. The zero-order valence-corrected chi connectivity index (χ0v) is 65.0. The first-order chi connectivity index (χ1) is 52.5. The molecule has 20 heteroatoms. The third-order valence-electron chi connectivity index (χ3n) is 24.1. The number of hydrogen-bond donors (Lipinski definition) is 4. The van der Waals surface area contributed by atoms with Gasteiger partial charge in [0.2, 0.25) is 23.6 Å². The molecule has 0 radical (unpaired) electrons. The van der Waals surface area contributed by atoms with Crippen molar-refractivity contribution in [3.63, 3.8) is 0 Å². The SMILES string of the molecule is CC(C(=O)Nc1ccc(Cl)cc1)C1CCC(c2ccnc3c2CN=C3)CC1.CC(C(=O)Nc1ccc(Cl)cc1)C1CCC(c2ccnc3c2CN=C3)CC1.CC(C(=O)Nc1ccc(Cl)cc1)C1CCC(c2ccnc3c2CN=C3)CC1.CC(C(=O)Nc1ccc(Cl)cc1)C1CCC(c2ccnc3c2CN=C3)CC1. The van der Waals surface area contributed by atoms with Crippen LogP contribution in [0.3, 0.4) is 0 Å². The quantitative estimate of drug-likeness (QED) is 0.0728. The molecule has 4 aromatic carbocycles. The van der Waals surface area contributed by atoms with Crippen LogP contribution in [0.5, 0.6) is 0 Å². The van der Waals surface area contributed by atoms with Gasteiger partial charge in [-0.25, -0.2) is 0 Å². The van der Waals surface area contributed by atoms with E-state index in [9.17, 15) is 19.2 Å². The highest BCUT2D eigenvalue weighted by Gasteiger charge is 2.36. The monoisotopic (exact) mass is 1520 g/mol. The average Bonchev–Trinajstić information content (AvgIpc) is 1.58. The molecule has 8 aliphatic rings. The van der Waals surface area contributed by atoms with Crippen LogP contribution < -0.4 is 21.3 Å². The maximum atomic E-state index is 12.6. The van der Waals surface area contributed by atoms with Gasteiger partial charge in [0.1, 0.15) is 0 Å². The Morgan fingerprint density at radius 3 is 0.657 bits per heavy atom. The number of carbonyl (C=O) groups excluding carboxylic acids is 4. The predicted octanol–water partition coefficient (Wildman–Crippen LogP) is 20.9. The Kier molecular flexibility index (Phi) is 26.2. The Balaban J connectivity index is 0.000000127. The molecule has 4 amide bonds. The van der Waals surface area contributed by atoms with E-state index in [-0.39, 0.29) is 47.3 Å². The Hall–Kier alpha value is -8.80. The third kappa shape index (κ3) is 19.4. The number of pyridine rings is 4. The molecular weight excluding hydrogens is 1430 g/mol. The van der Waals surface area contributed by atoms with Crippen LogP contribution in [0, 0.1) is 47.3 Å². The van der Waals surface area contributed by atoms with Crippen LogP contribution in [0.15, 0.2) is 166 Å². The summed E-state index contributed by atoms with van der Waals surface area (Å²) in [5.41, 5.74) is 18.2. The Labute approximate surface area is 654 Å². The average molecular weight is 1530 g/mol. The van der Waals surface area contributed by atoms with E-state index in [1.807, 2.05) is 126 Å². The van der Waals surface area contributed by atoms with Gasteiger partial charge in [0, 0.05) is 138 Å². The second-order valence-corrected chi connectivity index (χ2v) is 32.3. The Morgan fingerprint density at radius 2 is 0.472 bits per heavy atom. The molecule has 4 unspecified atom stereocenters. The molecule has 4 aromatic heterocycles. The summed E-state index contributed by atoms with van der Waals surface area (Å²) in [5.74, 6) is 4.38. The number of rotatable bonds is 16. The molecule has 0 spiro atoms. The summed E-state index contributed by atoms with van der Waals surface area (Å²) in [6.07, 6.45) is 32.8. The number of benzene rings is 4. The van der Waals surface area contributed by atoms with Gasteiger partial charge >= 0.3 is 0 Å². The van der Waals surface area contributed by atoms with Crippen molar-refractivity contribution < 1.29 is 19.2 Å². The topological polar surface area (TPSA) is 217 Å². The van der Waals surface area contributed by atoms with Crippen molar-refractivity contribution in [3.05, 3.63) is 233 Å². The van der Waals surface area contributed by atoms with Crippen LogP contribution in [-0.2, 0) is 45.4 Å². The maximum absolute atomic E-state index is 12.6. The number of nitrogens with zero attached hydrogens (tertiary/aromatic N) is 8. The number of aliphatic imine (C=N–C) groups is 4. The Morgan fingerprint density at radius 1 is 0.287 bits per heavy atom. The highest BCUT2D eigenvalue weighted by Crippen LogP contribution is 2.46. The van der Waals surface area contributed by atoms with Crippen molar-refractivity contribution in [1.29, 1.82) is 0 Å². The molecule has 16 rings (SSSR count). The lowest BCUT2D eigenvalue weighted by molar-refractivity contribution is -0.122. The smallest absolute Gasteiger partial charge is 0.227 e. The van der Waals surface area contributed by atoms with Gasteiger partial charge in [-0.1, -0.05) is 74.1 Å². The maximum Gasteiger partial charge on any atom is 0.227 e.